The number of amides is 1. The summed E-state index contributed by atoms with van der Waals surface area (Å²) in [5.41, 5.74) is 4.56. The first-order chi connectivity index (χ1) is 16.1. The molecular formula is C28H35NO4. The predicted molar refractivity (Wildman–Crippen MR) is 131 cm³/mol. The second kappa shape index (κ2) is 12.8. The summed E-state index contributed by atoms with van der Waals surface area (Å²) >= 11 is 0. The number of hydrogen-bond donors (Lipinski definition) is 2. The number of nitrogens with one attached hydrogen (secondary N) is 1. The monoisotopic (exact) mass is 449 g/mol. The summed E-state index contributed by atoms with van der Waals surface area (Å²) in [4.78, 5) is 24.0. The number of rotatable bonds is 13. The van der Waals surface area contributed by atoms with E-state index < -0.39 is 18.1 Å². The molecule has 0 radical (unpaired) electrons. The third-order valence-electron chi connectivity index (χ3n) is 6.20. The maximum absolute atomic E-state index is 12.4. The molecule has 0 unspecified atom stereocenters. The van der Waals surface area contributed by atoms with Gasteiger partial charge in [0.15, 0.2) is 0 Å². The number of unbranched alkanes of at least 4 members (excludes halogenated alkanes) is 6. The lowest BCUT2D eigenvalue weighted by Gasteiger charge is -2.16. The number of allylic oxidation sites excluding steroid dienone is 1. The second-order valence-corrected chi connectivity index (χ2v) is 8.62. The molecule has 1 atom stereocenters. The van der Waals surface area contributed by atoms with Crippen molar-refractivity contribution < 1.29 is 19.4 Å². The molecule has 33 heavy (non-hydrogen) atoms. The fourth-order valence-corrected chi connectivity index (χ4v) is 4.40. The molecule has 176 valence electrons. The van der Waals surface area contributed by atoms with E-state index in [4.69, 9.17) is 4.74 Å². The Hall–Kier alpha value is -3.08. The second-order valence-electron chi connectivity index (χ2n) is 8.62. The third-order valence-corrected chi connectivity index (χ3v) is 6.20. The van der Waals surface area contributed by atoms with Crippen molar-refractivity contribution in [2.24, 2.45) is 0 Å². The van der Waals surface area contributed by atoms with Crippen LogP contribution in [0.1, 0.15) is 75.3 Å². The Bertz CT molecular complexity index is 907. The Balaban J connectivity index is 1.46. The van der Waals surface area contributed by atoms with Gasteiger partial charge in [-0.15, -0.1) is 0 Å². The first kappa shape index (κ1) is 24.6. The summed E-state index contributed by atoms with van der Waals surface area (Å²) in [5.74, 6) is -1.11. The highest BCUT2D eigenvalue weighted by Gasteiger charge is 2.29. The predicted octanol–water partition coefficient (Wildman–Crippen LogP) is 6.68. The number of alkyl carbamates (subject to hydrolysis) is 1. The minimum Gasteiger partial charge on any atom is -0.480 e. The van der Waals surface area contributed by atoms with Gasteiger partial charge in [-0.1, -0.05) is 99.7 Å². The van der Waals surface area contributed by atoms with Crippen molar-refractivity contribution in [2.45, 2.75) is 70.3 Å². The summed E-state index contributed by atoms with van der Waals surface area (Å²) in [6.45, 7) is 2.37. The highest BCUT2D eigenvalue weighted by Crippen LogP contribution is 2.44. The van der Waals surface area contributed by atoms with Crippen LogP contribution in [-0.2, 0) is 9.53 Å². The fraction of sp³-hybridized carbons (Fsp3) is 0.429. The van der Waals surface area contributed by atoms with Crippen molar-refractivity contribution in [1.29, 1.82) is 0 Å². The van der Waals surface area contributed by atoms with Gasteiger partial charge in [-0.25, -0.2) is 9.59 Å². The number of ether oxygens (including phenoxy) is 1. The van der Waals surface area contributed by atoms with Crippen molar-refractivity contribution >= 4 is 12.1 Å². The maximum Gasteiger partial charge on any atom is 0.407 e. The van der Waals surface area contributed by atoms with E-state index in [1.807, 2.05) is 36.4 Å². The summed E-state index contributed by atoms with van der Waals surface area (Å²) in [5, 5.41) is 12.0. The number of aliphatic carboxylic acids is 1. The number of carboxylic acids is 1. The molecule has 0 fully saturated rings. The summed E-state index contributed by atoms with van der Waals surface area (Å²) in [7, 11) is 0. The summed E-state index contributed by atoms with van der Waals surface area (Å²) in [6, 6.07) is 15.2. The summed E-state index contributed by atoms with van der Waals surface area (Å²) in [6.07, 6.45) is 11.7. The molecule has 0 bridgehead atoms. The first-order valence-electron chi connectivity index (χ1n) is 12.1. The van der Waals surface area contributed by atoms with Crippen LogP contribution in [-0.4, -0.2) is 29.8 Å². The van der Waals surface area contributed by atoms with Crippen molar-refractivity contribution in [1.82, 2.24) is 5.32 Å². The molecule has 0 spiro atoms. The molecule has 3 rings (SSSR count). The number of fused-ring (bicyclic) bond motifs is 3. The average Bonchev–Trinajstić information content (AvgIpc) is 3.14. The molecular weight excluding hydrogens is 414 g/mol. The fourth-order valence-electron chi connectivity index (χ4n) is 4.40. The maximum atomic E-state index is 12.4. The summed E-state index contributed by atoms with van der Waals surface area (Å²) < 4.78 is 5.47. The molecule has 2 N–H and O–H groups in total. The molecule has 0 heterocycles. The first-order valence-corrected chi connectivity index (χ1v) is 12.1. The zero-order valence-corrected chi connectivity index (χ0v) is 19.5. The van der Waals surface area contributed by atoms with E-state index >= 15 is 0 Å². The Morgan fingerprint density at radius 2 is 1.55 bits per heavy atom. The van der Waals surface area contributed by atoms with Crippen LogP contribution >= 0.6 is 0 Å². The van der Waals surface area contributed by atoms with Crippen molar-refractivity contribution in [2.75, 3.05) is 6.61 Å². The molecule has 0 saturated heterocycles. The van der Waals surface area contributed by atoms with Gasteiger partial charge < -0.3 is 15.2 Å². The van der Waals surface area contributed by atoms with E-state index in [0.717, 1.165) is 35.1 Å². The van der Waals surface area contributed by atoms with Crippen LogP contribution in [0.5, 0.6) is 0 Å². The molecule has 0 saturated carbocycles. The Morgan fingerprint density at radius 1 is 0.939 bits per heavy atom. The quantitative estimate of drug-likeness (QED) is 0.264. The van der Waals surface area contributed by atoms with Crippen LogP contribution in [0, 0.1) is 0 Å². The zero-order valence-electron chi connectivity index (χ0n) is 19.5. The van der Waals surface area contributed by atoms with Crippen LogP contribution in [0.25, 0.3) is 11.1 Å². The number of carboxylic acid groups (broad SMARTS) is 1. The van der Waals surface area contributed by atoms with Crippen LogP contribution in [0.2, 0.25) is 0 Å². The molecule has 2 aromatic rings. The number of benzene rings is 2. The minimum atomic E-state index is -1.06. The SMILES string of the molecule is CCCCCCCCC=CC[C@H](NC(=O)OCC1c2ccccc2-c2ccccc21)C(=O)O. The van der Waals surface area contributed by atoms with E-state index in [9.17, 15) is 14.7 Å². The average molecular weight is 450 g/mol. The van der Waals surface area contributed by atoms with Gasteiger partial charge in [0.2, 0.25) is 0 Å². The van der Waals surface area contributed by atoms with Crippen LogP contribution in [0.4, 0.5) is 4.79 Å². The number of carbonyl (C=O) groups excluding carboxylic acids is 1. The lowest BCUT2D eigenvalue weighted by molar-refractivity contribution is -0.139. The van der Waals surface area contributed by atoms with E-state index in [-0.39, 0.29) is 18.9 Å². The van der Waals surface area contributed by atoms with E-state index in [2.05, 4.69) is 36.5 Å². The minimum absolute atomic E-state index is 0.0522. The largest absolute Gasteiger partial charge is 0.480 e. The molecule has 1 aliphatic rings. The van der Waals surface area contributed by atoms with E-state index in [1.165, 1.54) is 32.1 Å². The standard InChI is InChI=1S/C28H35NO4/c1-2-3-4-5-6-7-8-9-10-19-26(27(30)31)29-28(32)33-20-25-23-17-13-11-15-21(23)22-16-12-14-18-24(22)25/h9-18,25-26H,2-8,19-20H2,1H3,(H,29,32)(H,30,31)/t26-/m0/s1. The van der Waals surface area contributed by atoms with Crippen molar-refractivity contribution in [3.63, 3.8) is 0 Å². The topological polar surface area (TPSA) is 75.6 Å². The lowest BCUT2D eigenvalue weighted by Crippen LogP contribution is -2.41. The van der Waals surface area contributed by atoms with Gasteiger partial charge in [-0.05, 0) is 41.5 Å². The smallest absolute Gasteiger partial charge is 0.407 e. The third kappa shape index (κ3) is 6.95. The van der Waals surface area contributed by atoms with E-state index in [1.54, 1.807) is 0 Å². The van der Waals surface area contributed by atoms with Gasteiger partial charge in [-0.3, -0.25) is 0 Å². The molecule has 1 amide bonds. The lowest BCUT2D eigenvalue weighted by atomic mass is 9.98. The normalized spacial score (nSPS) is 13.5. The molecule has 2 aromatic carbocycles. The molecule has 0 aliphatic heterocycles. The Morgan fingerprint density at radius 3 is 2.18 bits per heavy atom. The van der Waals surface area contributed by atoms with Gasteiger partial charge in [0.25, 0.3) is 0 Å². The Labute approximate surface area is 196 Å². The number of hydrogen-bond acceptors (Lipinski definition) is 3. The number of carbonyl (C=O) groups is 2. The van der Waals surface area contributed by atoms with Gasteiger partial charge >= 0.3 is 12.1 Å². The van der Waals surface area contributed by atoms with Crippen molar-refractivity contribution in [3.8, 4) is 11.1 Å². The van der Waals surface area contributed by atoms with Gasteiger partial charge in [0.1, 0.15) is 12.6 Å². The van der Waals surface area contributed by atoms with E-state index in [0.29, 0.717) is 0 Å². The van der Waals surface area contributed by atoms with Gasteiger partial charge in [-0.2, -0.15) is 0 Å². The van der Waals surface area contributed by atoms with Crippen LogP contribution in [0.3, 0.4) is 0 Å². The molecule has 5 nitrogen and oxygen atoms in total. The van der Waals surface area contributed by atoms with Crippen molar-refractivity contribution in [3.05, 3.63) is 71.8 Å². The highest BCUT2D eigenvalue weighted by molar-refractivity contribution is 5.81. The zero-order chi connectivity index (χ0) is 23.5. The highest BCUT2D eigenvalue weighted by atomic mass is 16.5. The van der Waals surface area contributed by atoms with Gasteiger partial charge in [0, 0.05) is 5.92 Å². The molecule has 5 heteroatoms. The van der Waals surface area contributed by atoms with Crippen LogP contribution in [0.15, 0.2) is 60.7 Å². The van der Waals surface area contributed by atoms with Crippen LogP contribution < -0.4 is 5.32 Å². The Kier molecular flexibility index (Phi) is 9.55. The van der Waals surface area contributed by atoms with Gasteiger partial charge in [0.05, 0.1) is 0 Å². The molecule has 0 aromatic heterocycles. The molecule has 1 aliphatic carbocycles.